The number of hydrogen-bond acceptors (Lipinski definition) is 8. The molecule has 16 heteroatoms. The van der Waals surface area contributed by atoms with E-state index in [9.17, 15) is 32.7 Å². The van der Waals surface area contributed by atoms with Gasteiger partial charge in [-0.25, -0.2) is 4.98 Å². The van der Waals surface area contributed by atoms with E-state index in [-0.39, 0.29) is 63.9 Å². The Morgan fingerprint density at radius 3 is 2.59 bits per heavy atom. The van der Waals surface area contributed by atoms with E-state index in [1.165, 1.54) is 16.8 Å². The number of nitrogens with zero attached hydrogens (tertiary/aromatic N) is 6. The van der Waals surface area contributed by atoms with Gasteiger partial charge in [0, 0.05) is 35.0 Å². The van der Waals surface area contributed by atoms with E-state index in [1.807, 2.05) is 13.0 Å². The van der Waals surface area contributed by atoms with Crippen LogP contribution in [0.25, 0.3) is 11.4 Å². The third-order valence-electron chi connectivity index (χ3n) is 10.7. The summed E-state index contributed by atoms with van der Waals surface area (Å²) in [6.07, 6.45) is 2.30. The number of pyridine rings is 1. The molecule has 4 aromatic rings. The molecule has 8 rings (SSSR count). The normalized spacial score (nSPS) is 24.2. The van der Waals surface area contributed by atoms with Crippen LogP contribution < -0.4 is 10.9 Å². The van der Waals surface area contributed by atoms with Crippen molar-refractivity contribution < 1.29 is 32.6 Å². The molecule has 0 saturated carbocycles. The predicted octanol–water partition coefficient (Wildman–Crippen LogP) is 5.32. The first-order valence-corrected chi connectivity index (χ1v) is 17.2. The number of aromatic hydroxyl groups is 1. The summed E-state index contributed by atoms with van der Waals surface area (Å²) >= 11 is 6.17. The van der Waals surface area contributed by atoms with Crippen LogP contribution >= 0.6 is 11.6 Å². The Labute approximate surface area is 293 Å². The van der Waals surface area contributed by atoms with E-state index in [1.54, 1.807) is 15.5 Å². The quantitative estimate of drug-likeness (QED) is 0.282. The topological polar surface area (TPSA) is 144 Å². The molecule has 2 fully saturated rings. The number of hydrogen-bond donors (Lipinski definition) is 2. The van der Waals surface area contributed by atoms with Crippen LogP contribution in [-0.2, 0) is 27.7 Å². The van der Waals surface area contributed by atoms with Gasteiger partial charge in [0.05, 0.1) is 29.5 Å². The second-order valence-corrected chi connectivity index (χ2v) is 14.3. The van der Waals surface area contributed by atoms with Gasteiger partial charge in [-0.3, -0.25) is 14.4 Å². The third-order valence-corrected chi connectivity index (χ3v) is 11.0. The lowest BCUT2D eigenvalue weighted by Gasteiger charge is -2.45. The highest BCUT2D eigenvalue weighted by molar-refractivity contribution is 6.33. The summed E-state index contributed by atoms with van der Waals surface area (Å²) in [7, 11) is 0. The highest BCUT2D eigenvalue weighted by Crippen LogP contribution is 2.56. The summed E-state index contributed by atoms with van der Waals surface area (Å²) in [5, 5.41) is 17.4. The van der Waals surface area contributed by atoms with Crippen LogP contribution in [0, 0.1) is 0 Å². The third kappa shape index (κ3) is 5.57. The zero-order chi connectivity index (χ0) is 35.8. The Morgan fingerprint density at radius 1 is 1.16 bits per heavy atom. The summed E-state index contributed by atoms with van der Waals surface area (Å²) in [6.45, 7) is 2.51. The molecule has 1 aliphatic carbocycles. The number of amides is 2. The number of ether oxygens (including phenoxy) is 1. The average Bonchev–Trinajstić information content (AvgIpc) is 3.74. The number of carbonyl (C=O) groups is 2. The molecule has 3 atom stereocenters. The lowest BCUT2D eigenvalue weighted by Crippen LogP contribution is -2.52. The molecule has 3 unspecified atom stereocenters. The molecule has 0 radical (unpaired) electrons. The van der Waals surface area contributed by atoms with Crippen LogP contribution in [0.3, 0.4) is 0 Å². The molecule has 266 valence electrons. The van der Waals surface area contributed by atoms with Crippen molar-refractivity contribution in [1.82, 2.24) is 29.0 Å². The van der Waals surface area contributed by atoms with Gasteiger partial charge in [0.25, 0.3) is 11.5 Å². The van der Waals surface area contributed by atoms with Crippen molar-refractivity contribution >= 4 is 40.5 Å². The second-order valence-electron chi connectivity index (χ2n) is 13.9. The zero-order valence-corrected chi connectivity index (χ0v) is 28.2. The SMILES string of the molecule is CC1CC2(CC3CCC(C2)N3C(=O)c2ncccc2O)c2c1n(CC(=O)Nc1ccc(C(F)(F)F)cc1Cl)c1nc(C3=CCOCC3)nn1c2=O. The first-order valence-electron chi connectivity index (χ1n) is 16.8. The van der Waals surface area contributed by atoms with E-state index < -0.39 is 23.1 Å². The van der Waals surface area contributed by atoms with Crippen molar-refractivity contribution in [2.75, 3.05) is 18.5 Å². The predicted molar refractivity (Wildman–Crippen MR) is 179 cm³/mol. The maximum absolute atomic E-state index is 14.6. The zero-order valence-electron chi connectivity index (χ0n) is 27.4. The molecule has 2 amide bonds. The molecule has 6 heterocycles. The van der Waals surface area contributed by atoms with Gasteiger partial charge in [0.15, 0.2) is 11.5 Å². The summed E-state index contributed by atoms with van der Waals surface area (Å²) in [4.78, 5) is 52.7. The van der Waals surface area contributed by atoms with Gasteiger partial charge in [-0.15, -0.1) is 5.10 Å². The molecule has 2 bridgehead atoms. The van der Waals surface area contributed by atoms with Crippen LogP contribution in [0.2, 0.25) is 5.02 Å². The van der Waals surface area contributed by atoms with Gasteiger partial charge in [-0.1, -0.05) is 24.6 Å². The minimum absolute atomic E-state index is 0.00803. The van der Waals surface area contributed by atoms with E-state index in [0.717, 1.165) is 36.6 Å². The molecule has 2 saturated heterocycles. The maximum Gasteiger partial charge on any atom is 0.416 e. The minimum atomic E-state index is -4.60. The van der Waals surface area contributed by atoms with Crippen LogP contribution in [0.1, 0.15) is 84.5 Å². The number of benzene rings is 1. The molecule has 12 nitrogen and oxygen atoms in total. The van der Waals surface area contributed by atoms with E-state index in [4.69, 9.17) is 21.3 Å². The fourth-order valence-corrected chi connectivity index (χ4v) is 8.98. The average molecular weight is 724 g/mol. The molecule has 3 aliphatic heterocycles. The fourth-order valence-electron chi connectivity index (χ4n) is 8.75. The van der Waals surface area contributed by atoms with Crippen molar-refractivity contribution in [3.05, 3.63) is 86.3 Å². The number of halogens is 4. The fraction of sp³-hybridized carbons (Fsp3) is 0.429. The van der Waals surface area contributed by atoms with Gasteiger partial charge in [0.2, 0.25) is 11.7 Å². The molecular weight excluding hydrogens is 691 g/mol. The van der Waals surface area contributed by atoms with Crippen molar-refractivity contribution in [3.8, 4) is 5.75 Å². The smallest absolute Gasteiger partial charge is 0.416 e. The van der Waals surface area contributed by atoms with Gasteiger partial charge >= 0.3 is 6.18 Å². The summed E-state index contributed by atoms with van der Waals surface area (Å²) in [5.74, 6) is -0.799. The van der Waals surface area contributed by atoms with Crippen LogP contribution in [0.4, 0.5) is 18.9 Å². The molecule has 4 aliphatic rings. The monoisotopic (exact) mass is 723 g/mol. The number of alkyl halides is 3. The number of carbonyl (C=O) groups excluding carboxylic acids is 2. The Morgan fingerprint density at radius 2 is 1.92 bits per heavy atom. The first-order chi connectivity index (χ1) is 24.3. The van der Waals surface area contributed by atoms with Gasteiger partial charge in [0.1, 0.15) is 12.3 Å². The minimum Gasteiger partial charge on any atom is -0.505 e. The molecule has 1 aromatic carbocycles. The standard InChI is InChI=1S/C35H33ClF3N7O5/c1-18-14-34(15-21-5-6-22(16-34)45(21)32(50)28-25(47)3-2-10-40-28)27-29(18)44(17-26(48)41-24-7-4-20(13-23(24)36)35(37,38)39)33-42-30(43-46(33)31(27)49)19-8-11-51-12-9-19/h2-4,7-8,10,13,18,21-22,47H,5-6,9,11-12,14-17H2,1H3,(H,41,48). The Bertz CT molecular complexity index is 2180. The van der Waals surface area contributed by atoms with Crippen LogP contribution in [-0.4, -0.2) is 71.3 Å². The van der Waals surface area contributed by atoms with Gasteiger partial charge in [-0.2, -0.15) is 22.7 Å². The van der Waals surface area contributed by atoms with E-state index in [0.29, 0.717) is 56.0 Å². The van der Waals surface area contributed by atoms with Gasteiger partial charge < -0.3 is 24.6 Å². The lowest BCUT2D eigenvalue weighted by atomic mass is 9.70. The highest BCUT2D eigenvalue weighted by Gasteiger charge is 2.56. The Balaban J connectivity index is 1.20. The molecule has 3 aromatic heterocycles. The molecule has 51 heavy (non-hydrogen) atoms. The lowest BCUT2D eigenvalue weighted by molar-refractivity contribution is -0.137. The van der Waals surface area contributed by atoms with Crippen molar-refractivity contribution in [3.63, 3.8) is 0 Å². The van der Waals surface area contributed by atoms with Crippen LogP contribution in [0.15, 0.2) is 47.4 Å². The highest BCUT2D eigenvalue weighted by atomic mass is 35.5. The van der Waals surface area contributed by atoms with Gasteiger partial charge in [-0.05, 0) is 80.3 Å². The summed E-state index contributed by atoms with van der Waals surface area (Å²) in [5.41, 5.74) is 0.0750. The second kappa shape index (κ2) is 12.2. The van der Waals surface area contributed by atoms with Crippen molar-refractivity contribution in [1.29, 1.82) is 0 Å². The summed E-state index contributed by atoms with van der Waals surface area (Å²) in [6, 6.07) is 5.28. The number of fused-ring (bicyclic) bond motifs is 5. The first kappa shape index (κ1) is 33.4. The van der Waals surface area contributed by atoms with Crippen LogP contribution in [0.5, 0.6) is 5.75 Å². The van der Waals surface area contributed by atoms with Crippen molar-refractivity contribution in [2.24, 2.45) is 0 Å². The maximum atomic E-state index is 14.6. The Hall–Kier alpha value is -4.76. The number of anilines is 1. The Kier molecular flexibility index (Phi) is 7.98. The van der Waals surface area contributed by atoms with E-state index in [2.05, 4.69) is 15.4 Å². The number of piperidine rings is 1. The summed E-state index contributed by atoms with van der Waals surface area (Å²) < 4.78 is 48.1. The number of rotatable bonds is 5. The van der Waals surface area contributed by atoms with Crippen molar-refractivity contribution in [2.45, 2.75) is 81.6 Å². The largest absolute Gasteiger partial charge is 0.505 e. The molecular formula is C35H33ClF3N7O5. The number of aromatic nitrogens is 5. The molecule has 1 spiro atoms. The number of nitrogens with one attached hydrogen (secondary N) is 1. The van der Waals surface area contributed by atoms with E-state index >= 15 is 0 Å². The molecule has 2 N–H and O–H groups in total.